The number of hydrogen-bond donors (Lipinski definition) is 0. The van der Waals surface area contributed by atoms with Gasteiger partial charge < -0.3 is 0 Å². The lowest BCUT2D eigenvalue weighted by Crippen LogP contribution is -1.97. The van der Waals surface area contributed by atoms with Gasteiger partial charge in [-0.15, -0.1) is 13.2 Å². The minimum atomic E-state index is -0.0278. The van der Waals surface area contributed by atoms with Crippen LogP contribution in [0.3, 0.4) is 0 Å². The summed E-state index contributed by atoms with van der Waals surface area (Å²) in [6.45, 7) is 7.04. The molecule has 0 saturated carbocycles. The Kier molecular flexibility index (Phi) is 4.79. The van der Waals surface area contributed by atoms with Crippen LogP contribution in [0.15, 0.2) is 25.3 Å². The summed E-state index contributed by atoms with van der Waals surface area (Å²) in [5.41, 5.74) is 0. The molecule has 49 valence electrons. The molecule has 0 atom stereocenters. The summed E-state index contributed by atoms with van der Waals surface area (Å²) in [7, 11) is 0. The molecule has 0 aliphatic carbocycles. The molecule has 0 fully saturated rings. The molecule has 0 aliphatic rings. The molecule has 0 saturated heterocycles. The number of rotatable bonds is 5. The lowest BCUT2D eigenvalue weighted by molar-refractivity contribution is 0.521. The molecule has 0 aromatic rings. The Morgan fingerprint density at radius 1 is 1.33 bits per heavy atom. The van der Waals surface area contributed by atoms with Gasteiger partial charge >= 0.3 is 0 Å². The predicted molar refractivity (Wildman–Crippen MR) is 38.8 cm³/mol. The van der Waals surface area contributed by atoms with Crippen molar-refractivity contribution < 1.29 is 4.79 Å². The fourth-order valence-corrected chi connectivity index (χ4v) is 0.595. The lowest BCUT2D eigenvalue weighted by Gasteiger charge is -1.98. The van der Waals surface area contributed by atoms with Crippen LogP contribution in [-0.4, -0.2) is 6.29 Å². The molecule has 0 heterocycles. The van der Waals surface area contributed by atoms with Crippen molar-refractivity contribution in [1.29, 1.82) is 0 Å². The van der Waals surface area contributed by atoms with Gasteiger partial charge in [0.2, 0.25) is 6.29 Å². The second-order valence-corrected chi connectivity index (χ2v) is 1.86. The van der Waals surface area contributed by atoms with Crippen LogP contribution in [0.25, 0.3) is 0 Å². The largest absolute Gasteiger partial charge is 0.291 e. The molecule has 0 aromatic heterocycles. The zero-order chi connectivity index (χ0) is 7.11. The van der Waals surface area contributed by atoms with E-state index in [9.17, 15) is 4.79 Å². The first kappa shape index (κ1) is 8.15. The van der Waals surface area contributed by atoms with Gasteiger partial charge in [0.15, 0.2) is 0 Å². The number of allylic oxidation sites excluding steroid dienone is 2. The van der Waals surface area contributed by atoms with E-state index in [4.69, 9.17) is 0 Å². The molecule has 0 rings (SSSR count). The highest BCUT2D eigenvalue weighted by atomic mass is 16.1. The van der Waals surface area contributed by atoms with Crippen molar-refractivity contribution in [1.82, 2.24) is 0 Å². The van der Waals surface area contributed by atoms with Crippen LogP contribution in [0, 0.1) is 5.92 Å². The Labute approximate surface area is 56.1 Å². The highest BCUT2D eigenvalue weighted by molar-refractivity contribution is 5.55. The van der Waals surface area contributed by atoms with E-state index in [2.05, 4.69) is 13.2 Å². The van der Waals surface area contributed by atoms with Crippen molar-refractivity contribution in [3.63, 3.8) is 0 Å². The first-order chi connectivity index (χ1) is 4.35. The quantitative estimate of drug-likeness (QED) is 0.510. The molecule has 0 unspecified atom stereocenters. The van der Waals surface area contributed by atoms with Gasteiger partial charge in [-0.2, -0.15) is 0 Å². The summed E-state index contributed by atoms with van der Waals surface area (Å²) in [4.78, 5) is 10.1. The second kappa shape index (κ2) is 5.29. The molecule has 0 amide bonds. The van der Waals surface area contributed by atoms with Gasteiger partial charge in [0.1, 0.15) is 0 Å². The van der Waals surface area contributed by atoms with Crippen LogP contribution >= 0.6 is 0 Å². The standard InChI is InChI=1S/C8H11O/c1-3-5-8(7-9)6-4-2/h3-4,8H,1-2,5-6H2. The van der Waals surface area contributed by atoms with E-state index >= 15 is 0 Å². The summed E-state index contributed by atoms with van der Waals surface area (Å²) < 4.78 is 0. The average molecular weight is 123 g/mol. The molecule has 1 heteroatoms. The zero-order valence-electron chi connectivity index (χ0n) is 5.47. The van der Waals surface area contributed by atoms with Crippen LogP contribution in [-0.2, 0) is 4.79 Å². The van der Waals surface area contributed by atoms with E-state index in [0.29, 0.717) is 12.8 Å². The number of carbonyl (C=O) groups excluding carboxylic acids is 1. The Morgan fingerprint density at radius 3 is 2.00 bits per heavy atom. The molecule has 0 aromatic carbocycles. The van der Waals surface area contributed by atoms with Gasteiger partial charge in [-0.05, 0) is 12.8 Å². The van der Waals surface area contributed by atoms with Crippen molar-refractivity contribution in [3.05, 3.63) is 25.3 Å². The third kappa shape index (κ3) is 3.71. The summed E-state index contributed by atoms with van der Waals surface area (Å²) in [6.07, 6.45) is 6.76. The fourth-order valence-electron chi connectivity index (χ4n) is 0.595. The molecule has 9 heavy (non-hydrogen) atoms. The second-order valence-electron chi connectivity index (χ2n) is 1.86. The van der Waals surface area contributed by atoms with Crippen LogP contribution < -0.4 is 0 Å². The van der Waals surface area contributed by atoms with Crippen LogP contribution in [0.1, 0.15) is 12.8 Å². The monoisotopic (exact) mass is 123 g/mol. The minimum Gasteiger partial charge on any atom is -0.291 e. The van der Waals surface area contributed by atoms with E-state index in [0.717, 1.165) is 0 Å². The topological polar surface area (TPSA) is 17.1 Å². The average Bonchev–Trinajstić information content (AvgIpc) is 1.88. The normalized spacial score (nSPS) is 9.00. The Hall–Kier alpha value is -0.850. The van der Waals surface area contributed by atoms with Gasteiger partial charge in [-0.3, -0.25) is 4.79 Å². The van der Waals surface area contributed by atoms with Gasteiger partial charge in [0, 0.05) is 5.92 Å². The summed E-state index contributed by atoms with van der Waals surface area (Å²) in [5, 5.41) is 0. The highest BCUT2D eigenvalue weighted by Gasteiger charge is 2.01. The molecule has 0 N–H and O–H groups in total. The van der Waals surface area contributed by atoms with Gasteiger partial charge in [-0.1, -0.05) is 12.2 Å². The van der Waals surface area contributed by atoms with Crippen molar-refractivity contribution in [2.75, 3.05) is 0 Å². The molecule has 0 aliphatic heterocycles. The van der Waals surface area contributed by atoms with Crippen LogP contribution in [0.2, 0.25) is 0 Å². The lowest BCUT2D eigenvalue weighted by atomic mass is 10.0. The van der Waals surface area contributed by atoms with Crippen molar-refractivity contribution in [2.24, 2.45) is 5.92 Å². The van der Waals surface area contributed by atoms with Crippen molar-refractivity contribution in [3.8, 4) is 0 Å². The number of hydrogen-bond acceptors (Lipinski definition) is 1. The summed E-state index contributed by atoms with van der Waals surface area (Å²) in [5.74, 6) is -0.0278. The Balaban J connectivity index is 3.51. The molecule has 0 spiro atoms. The third-order valence-corrected chi connectivity index (χ3v) is 1.07. The molecular formula is C8H11O. The smallest absolute Gasteiger partial charge is 0.202 e. The van der Waals surface area contributed by atoms with Crippen molar-refractivity contribution >= 4 is 6.29 Å². The van der Waals surface area contributed by atoms with Gasteiger partial charge in [0.05, 0.1) is 0 Å². The van der Waals surface area contributed by atoms with Crippen LogP contribution in [0.5, 0.6) is 0 Å². The zero-order valence-corrected chi connectivity index (χ0v) is 5.47. The molecule has 0 bridgehead atoms. The molecule has 1 nitrogen and oxygen atoms in total. The van der Waals surface area contributed by atoms with E-state index in [1.807, 2.05) is 6.29 Å². The maximum absolute atomic E-state index is 10.1. The third-order valence-electron chi connectivity index (χ3n) is 1.07. The Morgan fingerprint density at radius 2 is 1.78 bits per heavy atom. The maximum Gasteiger partial charge on any atom is 0.202 e. The minimum absolute atomic E-state index is 0.0278. The summed E-state index contributed by atoms with van der Waals surface area (Å²) >= 11 is 0. The van der Waals surface area contributed by atoms with E-state index in [1.54, 1.807) is 12.2 Å². The summed E-state index contributed by atoms with van der Waals surface area (Å²) in [6, 6.07) is 0. The van der Waals surface area contributed by atoms with Gasteiger partial charge in [-0.25, -0.2) is 0 Å². The maximum atomic E-state index is 10.1. The first-order valence-corrected chi connectivity index (χ1v) is 2.94. The van der Waals surface area contributed by atoms with E-state index in [1.165, 1.54) is 0 Å². The first-order valence-electron chi connectivity index (χ1n) is 2.94. The SMILES string of the molecule is C=CCC([C]=O)CC=C. The highest BCUT2D eigenvalue weighted by Crippen LogP contribution is 2.04. The van der Waals surface area contributed by atoms with Gasteiger partial charge in [0.25, 0.3) is 0 Å². The van der Waals surface area contributed by atoms with Crippen LogP contribution in [0.4, 0.5) is 0 Å². The fraction of sp³-hybridized carbons (Fsp3) is 0.375. The molecular weight excluding hydrogens is 112 g/mol. The van der Waals surface area contributed by atoms with Crippen molar-refractivity contribution in [2.45, 2.75) is 12.8 Å². The molecule has 1 radical (unpaired) electrons. The van der Waals surface area contributed by atoms with E-state index < -0.39 is 0 Å². The Bertz CT molecular complexity index is 95.1. The van der Waals surface area contributed by atoms with E-state index in [-0.39, 0.29) is 5.92 Å². The predicted octanol–water partition coefficient (Wildman–Crippen LogP) is 1.86.